The monoisotopic (exact) mass is 192 g/mol. The highest BCUT2D eigenvalue weighted by Crippen LogP contribution is 2.18. The molecule has 3 heteroatoms. The van der Waals surface area contributed by atoms with Crippen LogP contribution >= 0.6 is 0 Å². The van der Waals surface area contributed by atoms with Crippen LogP contribution in [0.4, 0.5) is 5.69 Å². The van der Waals surface area contributed by atoms with Crippen LogP contribution in [0, 0.1) is 0 Å². The minimum Gasteiger partial charge on any atom is -0.325 e. The van der Waals surface area contributed by atoms with Crippen molar-refractivity contribution in [3.05, 3.63) is 29.8 Å². The van der Waals surface area contributed by atoms with Gasteiger partial charge in [-0.3, -0.25) is 4.79 Å². The molecule has 0 aliphatic heterocycles. The third kappa shape index (κ3) is 2.85. The average Bonchev–Trinajstić information content (AvgIpc) is 2.18. The van der Waals surface area contributed by atoms with Crippen molar-refractivity contribution in [3.63, 3.8) is 0 Å². The standard InChI is InChI=1S/C11H16N2O/c1-8(2)9-4-3-5-10(6-9)13-11(14)7-12/h3-6,8H,7,12H2,1-2H3,(H,13,14). The predicted molar refractivity (Wildman–Crippen MR) is 58.2 cm³/mol. The summed E-state index contributed by atoms with van der Waals surface area (Å²) in [6.45, 7) is 4.25. The number of hydrogen-bond donors (Lipinski definition) is 2. The van der Waals surface area contributed by atoms with Crippen LogP contribution in [0.3, 0.4) is 0 Å². The molecule has 3 N–H and O–H groups in total. The quantitative estimate of drug-likeness (QED) is 0.766. The molecule has 14 heavy (non-hydrogen) atoms. The van der Waals surface area contributed by atoms with Gasteiger partial charge in [-0.2, -0.15) is 0 Å². The van der Waals surface area contributed by atoms with Crippen LogP contribution in [0.5, 0.6) is 0 Å². The first-order valence-electron chi connectivity index (χ1n) is 4.73. The van der Waals surface area contributed by atoms with E-state index in [1.54, 1.807) is 0 Å². The summed E-state index contributed by atoms with van der Waals surface area (Å²) in [5.74, 6) is 0.302. The number of benzene rings is 1. The van der Waals surface area contributed by atoms with Gasteiger partial charge in [-0.05, 0) is 23.6 Å². The van der Waals surface area contributed by atoms with Crippen molar-refractivity contribution in [2.24, 2.45) is 5.73 Å². The summed E-state index contributed by atoms with van der Waals surface area (Å²) < 4.78 is 0. The third-order valence-corrected chi connectivity index (χ3v) is 2.02. The third-order valence-electron chi connectivity index (χ3n) is 2.02. The Hall–Kier alpha value is -1.35. The van der Waals surface area contributed by atoms with E-state index in [1.807, 2.05) is 24.3 Å². The molecule has 0 saturated heterocycles. The number of rotatable bonds is 3. The first kappa shape index (κ1) is 10.7. The van der Waals surface area contributed by atoms with E-state index in [9.17, 15) is 4.79 Å². The molecule has 1 amide bonds. The second kappa shape index (κ2) is 4.77. The SMILES string of the molecule is CC(C)c1cccc(NC(=O)CN)c1. The number of carbonyl (C=O) groups excluding carboxylic acids is 1. The predicted octanol–water partition coefficient (Wildman–Crippen LogP) is 1.71. The van der Waals surface area contributed by atoms with Gasteiger partial charge < -0.3 is 11.1 Å². The highest BCUT2D eigenvalue weighted by molar-refractivity contribution is 5.92. The van der Waals surface area contributed by atoms with E-state index in [-0.39, 0.29) is 12.5 Å². The first-order chi connectivity index (χ1) is 6.63. The second-order valence-corrected chi connectivity index (χ2v) is 3.53. The Balaban J connectivity index is 2.78. The van der Waals surface area contributed by atoms with Crippen LogP contribution in [-0.2, 0) is 4.79 Å². The second-order valence-electron chi connectivity index (χ2n) is 3.53. The van der Waals surface area contributed by atoms with Gasteiger partial charge in [0.15, 0.2) is 0 Å². The normalized spacial score (nSPS) is 10.3. The Morgan fingerprint density at radius 2 is 2.21 bits per heavy atom. The fourth-order valence-electron chi connectivity index (χ4n) is 1.19. The minimum absolute atomic E-state index is 0.0197. The molecule has 0 saturated carbocycles. The molecule has 0 heterocycles. The molecule has 0 aliphatic rings. The van der Waals surface area contributed by atoms with E-state index in [0.717, 1.165) is 5.69 Å². The molecule has 1 rings (SSSR count). The van der Waals surface area contributed by atoms with Crippen LogP contribution in [-0.4, -0.2) is 12.5 Å². The minimum atomic E-state index is -0.161. The van der Waals surface area contributed by atoms with Gasteiger partial charge in [0.05, 0.1) is 6.54 Å². The summed E-state index contributed by atoms with van der Waals surface area (Å²) in [6, 6.07) is 7.81. The summed E-state index contributed by atoms with van der Waals surface area (Å²) in [5, 5.41) is 2.72. The number of hydrogen-bond acceptors (Lipinski definition) is 2. The van der Waals surface area contributed by atoms with Crippen molar-refractivity contribution in [2.45, 2.75) is 19.8 Å². The lowest BCUT2D eigenvalue weighted by Crippen LogP contribution is -2.21. The Morgan fingerprint density at radius 1 is 1.50 bits per heavy atom. The molecule has 1 aromatic rings. The van der Waals surface area contributed by atoms with Crippen LogP contribution in [0.2, 0.25) is 0 Å². The van der Waals surface area contributed by atoms with Gasteiger partial charge in [0.1, 0.15) is 0 Å². The van der Waals surface area contributed by atoms with Crippen molar-refractivity contribution in [3.8, 4) is 0 Å². The number of amides is 1. The highest BCUT2D eigenvalue weighted by Gasteiger charge is 2.02. The zero-order valence-corrected chi connectivity index (χ0v) is 8.58. The van der Waals surface area contributed by atoms with Gasteiger partial charge in [-0.1, -0.05) is 26.0 Å². The fraction of sp³-hybridized carbons (Fsp3) is 0.364. The van der Waals surface area contributed by atoms with E-state index in [4.69, 9.17) is 5.73 Å². The first-order valence-corrected chi connectivity index (χ1v) is 4.73. The number of nitrogens with one attached hydrogen (secondary N) is 1. The lowest BCUT2D eigenvalue weighted by atomic mass is 10.0. The average molecular weight is 192 g/mol. The summed E-state index contributed by atoms with van der Waals surface area (Å²) in [4.78, 5) is 11.0. The smallest absolute Gasteiger partial charge is 0.238 e. The van der Waals surface area contributed by atoms with E-state index >= 15 is 0 Å². The van der Waals surface area contributed by atoms with Gasteiger partial charge in [0.2, 0.25) is 5.91 Å². The van der Waals surface area contributed by atoms with Crippen LogP contribution < -0.4 is 11.1 Å². The maximum atomic E-state index is 11.0. The van der Waals surface area contributed by atoms with Crippen molar-refractivity contribution < 1.29 is 4.79 Å². The molecule has 1 aromatic carbocycles. The molecule has 3 nitrogen and oxygen atoms in total. The van der Waals surface area contributed by atoms with E-state index < -0.39 is 0 Å². The van der Waals surface area contributed by atoms with Crippen molar-refractivity contribution in [2.75, 3.05) is 11.9 Å². The summed E-state index contributed by atoms with van der Waals surface area (Å²) in [6.07, 6.45) is 0. The van der Waals surface area contributed by atoms with E-state index in [2.05, 4.69) is 19.2 Å². The molecule has 76 valence electrons. The highest BCUT2D eigenvalue weighted by atomic mass is 16.1. The molecule has 0 spiro atoms. The molecule has 0 radical (unpaired) electrons. The Kier molecular flexibility index (Phi) is 3.65. The molecule has 0 bridgehead atoms. The number of nitrogens with two attached hydrogens (primary N) is 1. The molecule has 0 fully saturated rings. The Morgan fingerprint density at radius 3 is 2.79 bits per heavy atom. The zero-order chi connectivity index (χ0) is 10.6. The summed E-state index contributed by atoms with van der Waals surface area (Å²) in [7, 11) is 0. The van der Waals surface area contributed by atoms with Crippen LogP contribution in [0.15, 0.2) is 24.3 Å². The maximum Gasteiger partial charge on any atom is 0.238 e. The maximum absolute atomic E-state index is 11.0. The van der Waals surface area contributed by atoms with E-state index in [1.165, 1.54) is 5.56 Å². The zero-order valence-electron chi connectivity index (χ0n) is 8.58. The topological polar surface area (TPSA) is 55.1 Å². The molecule has 0 aliphatic carbocycles. The lowest BCUT2D eigenvalue weighted by Gasteiger charge is -2.08. The summed E-state index contributed by atoms with van der Waals surface area (Å²) >= 11 is 0. The Bertz CT molecular complexity index is 321. The van der Waals surface area contributed by atoms with Crippen LogP contribution in [0.25, 0.3) is 0 Å². The van der Waals surface area contributed by atoms with Crippen molar-refractivity contribution in [1.82, 2.24) is 0 Å². The van der Waals surface area contributed by atoms with E-state index in [0.29, 0.717) is 5.92 Å². The molecule has 0 atom stereocenters. The molecule has 0 aromatic heterocycles. The van der Waals surface area contributed by atoms with Gasteiger partial charge >= 0.3 is 0 Å². The fourth-order valence-corrected chi connectivity index (χ4v) is 1.19. The largest absolute Gasteiger partial charge is 0.325 e. The Labute approximate surface area is 84.3 Å². The van der Waals surface area contributed by atoms with Gasteiger partial charge in [0.25, 0.3) is 0 Å². The van der Waals surface area contributed by atoms with Crippen molar-refractivity contribution >= 4 is 11.6 Å². The lowest BCUT2D eigenvalue weighted by molar-refractivity contribution is -0.114. The van der Waals surface area contributed by atoms with Gasteiger partial charge in [0, 0.05) is 5.69 Å². The summed E-state index contributed by atoms with van der Waals surface area (Å²) in [5.41, 5.74) is 7.23. The number of carbonyl (C=O) groups is 1. The van der Waals surface area contributed by atoms with Gasteiger partial charge in [-0.15, -0.1) is 0 Å². The van der Waals surface area contributed by atoms with Gasteiger partial charge in [-0.25, -0.2) is 0 Å². The molecular formula is C11H16N2O. The van der Waals surface area contributed by atoms with Crippen molar-refractivity contribution in [1.29, 1.82) is 0 Å². The van der Waals surface area contributed by atoms with Crippen LogP contribution in [0.1, 0.15) is 25.3 Å². The molecular weight excluding hydrogens is 176 g/mol. The number of anilines is 1. The molecule has 0 unspecified atom stereocenters.